The number of aromatic nitrogens is 2. The highest BCUT2D eigenvalue weighted by Gasteiger charge is 2.36. The zero-order valence-electron chi connectivity index (χ0n) is 17.1. The number of amides is 1. The van der Waals surface area contributed by atoms with E-state index in [2.05, 4.69) is 26.1 Å². The van der Waals surface area contributed by atoms with Crippen LogP contribution in [0.2, 0.25) is 0 Å². The van der Waals surface area contributed by atoms with E-state index in [0.29, 0.717) is 58.3 Å². The zero-order valence-corrected chi connectivity index (χ0v) is 18.7. The van der Waals surface area contributed by atoms with Crippen molar-refractivity contribution >= 4 is 21.8 Å². The Bertz CT molecular complexity index is 1100. The van der Waals surface area contributed by atoms with Gasteiger partial charge in [0.1, 0.15) is 11.9 Å². The number of hydrogen-bond acceptors (Lipinski definition) is 6. The lowest BCUT2D eigenvalue weighted by atomic mass is 10.1. The normalized spacial score (nSPS) is 16.1. The fourth-order valence-corrected chi connectivity index (χ4v) is 3.92. The maximum atomic E-state index is 14.3. The second-order valence-corrected chi connectivity index (χ2v) is 7.98. The third kappa shape index (κ3) is 4.41. The van der Waals surface area contributed by atoms with Crippen molar-refractivity contribution < 1.29 is 23.2 Å². The fraction of sp³-hybridized carbons (Fsp3) is 0.318. The molecule has 2 heterocycles. The van der Waals surface area contributed by atoms with E-state index in [9.17, 15) is 9.18 Å². The van der Waals surface area contributed by atoms with E-state index < -0.39 is 6.04 Å². The van der Waals surface area contributed by atoms with Gasteiger partial charge < -0.3 is 18.9 Å². The summed E-state index contributed by atoms with van der Waals surface area (Å²) in [5.41, 5.74) is 1.13. The van der Waals surface area contributed by atoms with Crippen LogP contribution in [0.15, 0.2) is 45.4 Å². The van der Waals surface area contributed by atoms with Gasteiger partial charge >= 0.3 is 0 Å². The van der Waals surface area contributed by atoms with Crippen LogP contribution in [0.25, 0.3) is 11.4 Å². The van der Waals surface area contributed by atoms with Gasteiger partial charge in [-0.15, -0.1) is 0 Å². The van der Waals surface area contributed by atoms with Crippen LogP contribution in [0.4, 0.5) is 4.39 Å². The summed E-state index contributed by atoms with van der Waals surface area (Å²) in [6.07, 6.45) is 0.878. The molecular weight excluding hydrogens is 469 g/mol. The summed E-state index contributed by atoms with van der Waals surface area (Å²) < 4.78 is 31.4. The molecular formula is C22H21BrFN3O4. The van der Waals surface area contributed by atoms with Gasteiger partial charge in [-0.3, -0.25) is 4.79 Å². The van der Waals surface area contributed by atoms with Gasteiger partial charge in [-0.25, -0.2) is 4.39 Å². The minimum atomic E-state index is -0.401. The number of halogens is 2. The molecule has 0 N–H and O–H groups in total. The highest BCUT2D eigenvalue weighted by Crippen LogP contribution is 2.36. The summed E-state index contributed by atoms with van der Waals surface area (Å²) in [4.78, 5) is 18.6. The van der Waals surface area contributed by atoms with Gasteiger partial charge in [0.25, 0.3) is 0 Å². The molecule has 1 unspecified atom stereocenters. The smallest absolute Gasteiger partial charge is 0.249 e. The third-order valence-corrected chi connectivity index (χ3v) is 5.63. The van der Waals surface area contributed by atoms with E-state index in [-0.39, 0.29) is 18.3 Å². The molecule has 31 heavy (non-hydrogen) atoms. The Morgan fingerprint density at radius 3 is 2.84 bits per heavy atom. The molecule has 1 atom stereocenters. The zero-order chi connectivity index (χ0) is 22.0. The molecule has 0 spiro atoms. The third-order valence-electron chi connectivity index (χ3n) is 5.13. The number of rotatable bonds is 7. The molecule has 7 nitrogen and oxygen atoms in total. The summed E-state index contributed by atoms with van der Waals surface area (Å²) in [6, 6.07) is 9.77. The van der Waals surface area contributed by atoms with E-state index >= 15 is 0 Å². The quantitative estimate of drug-likeness (QED) is 0.469. The maximum Gasteiger partial charge on any atom is 0.249 e. The number of ether oxygens (including phenoxy) is 2. The van der Waals surface area contributed by atoms with Gasteiger partial charge in [-0.05, 0) is 43.7 Å². The van der Waals surface area contributed by atoms with E-state index in [1.807, 2.05) is 13.0 Å². The Kier molecular flexibility index (Phi) is 6.22. The van der Waals surface area contributed by atoms with Crippen LogP contribution < -0.4 is 9.47 Å². The van der Waals surface area contributed by atoms with Crippen LogP contribution in [0.1, 0.15) is 37.3 Å². The predicted octanol–water partition coefficient (Wildman–Crippen LogP) is 4.91. The van der Waals surface area contributed by atoms with Crippen LogP contribution in [-0.2, 0) is 11.3 Å². The van der Waals surface area contributed by atoms with Gasteiger partial charge in [-0.2, -0.15) is 4.98 Å². The number of carbonyl (C=O) groups excluding carboxylic acids is 1. The average Bonchev–Trinajstić information content (AvgIpc) is 3.38. The Labute approximate surface area is 187 Å². The lowest BCUT2D eigenvalue weighted by molar-refractivity contribution is -0.130. The lowest BCUT2D eigenvalue weighted by Crippen LogP contribution is -2.27. The van der Waals surface area contributed by atoms with Crippen LogP contribution in [0, 0.1) is 5.82 Å². The van der Waals surface area contributed by atoms with Crippen molar-refractivity contribution in [1.29, 1.82) is 0 Å². The highest BCUT2D eigenvalue weighted by molar-refractivity contribution is 9.10. The minimum Gasteiger partial charge on any atom is -0.493 e. The average molecular weight is 490 g/mol. The topological polar surface area (TPSA) is 77.7 Å². The Hall–Kier alpha value is -2.94. The van der Waals surface area contributed by atoms with Crippen molar-refractivity contribution in [3.63, 3.8) is 0 Å². The number of methoxy groups -OCH3 is 1. The second kappa shape index (κ2) is 9.05. The van der Waals surface area contributed by atoms with Crippen molar-refractivity contribution in [1.82, 2.24) is 15.0 Å². The summed E-state index contributed by atoms with van der Waals surface area (Å²) in [6.45, 7) is 2.55. The van der Waals surface area contributed by atoms with E-state index in [0.717, 1.165) is 0 Å². The van der Waals surface area contributed by atoms with E-state index in [4.69, 9.17) is 14.0 Å². The first-order chi connectivity index (χ1) is 15.0. The summed E-state index contributed by atoms with van der Waals surface area (Å²) >= 11 is 3.25. The molecule has 4 rings (SSSR count). The molecule has 1 aliphatic heterocycles. The maximum absolute atomic E-state index is 14.3. The van der Waals surface area contributed by atoms with Crippen LogP contribution >= 0.6 is 15.9 Å². The molecule has 162 valence electrons. The molecule has 2 aromatic carbocycles. The van der Waals surface area contributed by atoms with Gasteiger partial charge in [0.15, 0.2) is 11.5 Å². The first kappa shape index (κ1) is 21.3. The Morgan fingerprint density at radius 1 is 1.26 bits per heavy atom. The van der Waals surface area contributed by atoms with Gasteiger partial charge in [-0.1, -0.05) is 27.2 Å². The number of nitrogens with zero attached hydrogens (tertiary/aromatic N) is 3. The summed E-state index contributed by atoms with van der Waals surface area (Å²) in [5, 5.41) is 4.08. The minimum absolute atomic E-state index is 0.0743. The predicted molar refractivity (Wildman–Crippen MR) is 114 cm³/mol. The molecule has 9 heteroatoms. The molecule has 0 radical (unpaired) electrons. The summed E-state index contributed by atoms with van der Waals surface area (Å²) in [7, 11) is 1.56. The number of hydrogen-bond donors (Lipinski definition) is 0. The molecule has 0 aliphatic carbocycles. The van der Waals surface area contributed by atoms with Gasteiger partial charge in [0, 0.05) is 28.6 Å². The molecule has 1 saturated heterocycles. The highest BCUT2D eigenvalue weighted by atomic mass is 79.9. The standard InChI is InChI=1S/C22H21BrFN3O4/c1-3-30-18-8-5-13(10-19(18)29-2)21-25-22(31-26-21)17-7-9-20(28)27(17)12-14-4-6-15(23)11-16(14)24/h4-6,8,10-11,17H,3,7,9,12H2,1-2H3. The van der Waals surface area contributed by atoms with Crippen molar-refractivity contribution in [3.05, 3.63) is 58.1 Å². The summed E-state index contributed by atoms with van der Waals surface area (Å²) in [5.74, 6) is 1.45. The Morgan fingerprint density at radius 2 is 2.10 bits per heavy atom. The number of benzene rings is 2. The van der Waals surface area contributed by atoms with Gasteiger partial charge in [0.2, 0.25) is 17.6 Å². The number of carbonyl (C=O) groups is 1. The molecule has 1 fully saturated rings. The largest absolute Gasteiger partial charge is 0.493 e. The van der Waals surface area contributed by atoms with Crippen molar-refractivity contribution in [3.8, 4) is 22.9 Å². The van der Waals surface area contributed by atoms with Crippen LogP contribution in [0.5, 0.6) is 11.5 Å². The molecule has 3 aromatic rings. The molecule has 1 aromatic heterocycles. The van der Waals surface area contributed by atoms with Crippen LogP contribution in [-0.4, -0.2) is 34.7 Å². The molecule has 0 saturated carbocycles. The van der Waals surface area contributed by atoms with E-state index in [1.165, 1.54) is 6.07 Å². The Balaban J connectivity index is 1.58. The van der Waals surface area contributed by atoms with Gasteiger partial charge in [0.05, 0.1) is 13.7 Å². The monoisotopic (exact) mass is 489 g/mol. The van der Waals surface area contributed by atoms with Crippen LogP contribution in [0.3, 0.4) is 0 Å². The fourth-order valence-electron chi connectivity index (χ4n) is 3.59. The van der Waals surface area contributed by atoms with Crippen molar-refractivity contribution in [2.75, 3.05) is 13.7 Å². The molecule has 1 aliphatic rings. The number of likely N-dealkylation sites (tertiary alicyclic amines) is 1. The SMILES string of the molecule is CCOc1ccc(-c2noc(C3CCC(=O)N3Cc3ccc(Br)cc3F)n2)cc1OC. The first-order valence-corrected chi connectivity index (χ1v) is 10.7. The van der Waals surface area contributed by atoms with Crippen molar-refractivity contribution in [2.24, 2.45) is 0 Å². The van der Waals surface area contributed by atoms with E-state index in [1.54, 1.807) is 36.3 Å². The first-order valence-electron chi connectivity index (χ1n) is 9.88. The molecule has 0 bridgehead atoms. The second-order valence-electron chi connectivity index (χ2n) is 7.07. The lowest BCUT2D eigenvalue weighted by Gasteiger charge is -2.22. The van der Waals surface area contributed by atoms with Crippen molar-refractivity contribution in [2.45, 2.75) is 32.4 Å². The molecule has 1 amide bonds.